The molecule has 1 aliphatic carbocycles. The summed E-state index contributed by atoms with van der Waals surface area (Å²) in [6, 6.07) is 7.52. The number of aliphatic imine (C=N–C) groups is 1. The maximum absolute atomic E-state index is 12.4. The SMILES string of the molecule is CCNC(=NCCCCN1C(=O)c2ccccc2C1=O)NC1CCCC(SC)C1.I. The van der Waals surface area contributed by atoms with E-state index in [2.05, 4.69) is 23.8 Å². The Bertz CT molecular complexity index is 723. The van der Waals surface area contributed by atoms with Crippen LogP contribution in [0.5, 0.6) is 0 Å². The fourth-order valence-corrected chi connectivity index (χ4v) is 4.85. The first kappa shape index (κ1) is 25.0. The van der Waals surface area contributed by atoms with Crippen molar-refractivity contribution in [3.63, 3.8) is 0 Å². The van der Waals surface area contributed by atoms with Crippen molar-refractivity contribution in [2.24, 2.45) is 4.99 Å². The number of carbonyl (C=O) groups is 2. The van der Waals surface area contributed by atoms with Crippen molar-refractivity contribution in [2.45, 2.75) is 56.7 Å². The van der Waals surface area contributed by atoms with Crippen LogP contribution in [0.15, 0.2) is 29.3 Å². The van der Waals surface area contributed by atoms with Crippen molar-refractivity contribution in [3.8, 4) is 0 Å². The van der Waals surface area contributed by atoms with Crippen LogP contribution in [0.25, 0.3) is 0 Å². The molecule has 1 fully saturated rings. The summed E-state index contributed by atoms with van der Waals surface area (Å²) in [4.78, 5) is 30.8. The molecule has 6 nitrogen and oxygen atoms in total. The summed E-state index contributed by atoms with van der Waals surface area (Å²) in [5.74, 6) is 0.523. The normalized spacial score (nSPS) is 21.3. The van der Waals surface area contributed by atoms with Gasteiger partial charge in [-0.3, -0.25) is 19.5 Å². The van der Waals surface area contributed by atoms with Gasteiger partial charge in [-0.05, 0) is 57.4 Å². The van der Waals surface area contributed by atoms with Gasteiger partial charge in [-0.15, -0.1) is 24.0 Å². The molecule has 1 heterocycles. The first-order valence-electron chi connectivity index (χ1n) is 10.7. The van der Waals surface area contributed by atoms with Crippen molar-refractivity contribution in [3.05, 3.63) is 35.4 Å². The summed E-state index contributed by atoms with van der Waals surface area (Å²) in [6.07, 6.45) is 8.75. The van der Waals surface area contributed by atoms with E-state index in [1.54, 1.807) is 24.3 Å². The number of hydrogen-bond donors (Lipinski definition) is 2. The number of rotatable bonds is 8. The smallest absolute Gasteiger partial charge is 0.261 e. The third-order valence-corrected chi connectivity index (χ3v) is 6.68. The fourth-order valence-electron chi connectivity index (χ4n) is 4.02. The molecule has 0 saturated heterocycles. The predicted octanol–water partition coefficient (Wildman–Crippen LogP) is 3.91. The van der Waals surface area contributed by atoms with Crippen LogP contribution in [0.2, 0.25) is 0 Å². The molecule has 1 aliphatic heterocycles. The standard InChI is InChI=1S/C22H32N4O2S.HI/c1-3-23-22(25-16-9-8-10-17(15-16)29-2)24-13-6-7-14-26-20(27)18-11-4-5-12-19(18)21(26)28;/h4-5,11-12,16-17H,3,6-10,13-15H2,1-2H3,(H2,23,24,25);1H. The number of halogens is 1. The number of guanidine groups is 1. The van der Waals surface area contributed by atoms with Crippen molar-refractivity contribution < 1.29 is 9.59 Å². The average Bonchev–Trinajstić information content (AvgIpc) is 2.98. The Labute approximate surface area is 201 Å². The highest BCUT2D eigenvalue weighted by molar-refractivity contribution is 14.0. The Morgan fingerprint density at radius 3 is 2.50 bits per heavy atom. The Morgan fingerprint density at radius 2 is 1.87 bits per heavy atom. The molecule has 0 aromatic heterocycles. The predicted molar refractivity (Wildman–Crippen MR) is 135 cm³/mol. The molecule has 0 bridgehead atoms. The van der Waals surface area contributed by atoms with Gasteiger partial charge >= 0.3 is 0 Å². The van der Waals surface area contributed by atoms with Crippen LogP contribution in [0.3, 0.4) is 0 Å². The van der Waals surface area contributed by atoms with Crippen molar-refractivity contribution in [1.29, 1.82) is 0 Å². The zero-order valence-electron chi connectivity index (χ0n) is 17.9. The van der Waals surface area contributed by atoms with E-state index >= 15 is 0 Å². The van der Waals surface area contributed by atoms with Gasteiger partial charge in [0.05, 0.1) is 11.1 Å². The minimum Gasteiger partial charge on any atom is -0.357 e. The molecule has 2 amide bonds. The number of benzene rings is 1. The Kier molecular flexibility index (Phi) is 10.4. The number of hydrogen-bond acceptors (Lipinski definition) is 4. The zero-order valence-corrected chi connectivity index (χ0v) is 21.0. The molecule has 8 heteroatoms. The monoisotopic (exact) mass is 544 g/mol. The molecule has 2 unspecified atom stereocenters. The summed E-state index contributed by atoms with van der Waals surface area (Å²) >= 11 is 1.96. The van der Waals surface area contributed by atoms with E-state index in [-0.39, 0.29) is 35.8 Å². The second-order valence-electron chi connectivity index (χ2n) is 7.64. The van der Waals surface area contributed by atoms with E-state index in [9.17, 15) is 9.59 Å². The van der Waals surface area contributed by atoms with Crippen LogP contribution < -0.4 is 10.6 Å². The number of fused-ring (bicyclic) bond motifs is 1. The molecular weight excluding hydrogens is 511 g/mol. The molecule has 2 N–H and O–H groups in total. The molecule has 0 radical (unpaired) electrons. The highest BCUT2D eigenvalue weighted by atomic mass is 127. The van der Waals surface area contributed by atoms with Crippen LogP contribution in [0.4, 0.5) is 0 Å². The van der Waals surface area contributed by atoms with Crippen LogP contribution in [-0.2, 0) is 0 Å². The topological polar surface area (TPSA) is 73.8 Å². The first-order chi connectivity index (χ1) is 14.1. The van der Waals surface area contributed by atoms with Gasteiger partial charge in [-0.2, -0.15) is 11.8 Å². The van der Waals surface area contributed by atoms with Crippen LogP contribution in [0.1, 0.15) is 66.2 Å². The Balaban J connectivity index is 0.00000320. The minimum absolute atomic E-state index is 0. The molecule has 166 valence electrons. The maximum Gasteiger partial charge on any atom is 0.261 e. The van der Waals surface area contributed by atoms with E-state index < -0.39 is 0 Å². The average molecular weight is 545 g/mol. The quantitative estimate of drug-likeness (QED) is 0.171. The van der Waals surface area contributed by atoms with E-state index in [0.717, 1.165) is 30.6 Å². The maximum atomic E-state index is 12.4. The molecule has 2 atom stereocenters. The summed E-state index contributed by atoms with van der Waals surface area (Å²) in [7, 11) is 0. The molecule has 30 heavy (non-hydrogen) atoms. The van der Waals surface area contributed by atoms with E-state index in [1.165, 1.54) is 30.6 Å². The second kappa shape index (κ2) is 12.5. The van der Waals surface area contributed by atoms with Gasteiger partial charge in [0.25, 0.3) is 11.8 Å². The second-order valence-corrected chi connectivity index (χ2v) is 8.78. The third kappa shape index (κ3) is 6.35. The van der Waals surface area contributed by atoms with Gasteiger partial charge in [-0.25, -0.2) is 0 Å². The van der Waals surface area contributed by atoms with Crippen molar-refractivity contribution in [1.82, 2.24) is 15.5 Å². The zero-order chi connectivity index (χ0) is 20.6. The molecule has 2 aliphatic rings. The van der Waals surface area contributed by atoms with Gasteiger partial charge in [-0.1, -0.05) is 18.6 Å². The number of thioether (sulfide) groups is 1. The first-order valence-corrected chi connectivity index (χ1v) is 12.0. The highest BCUT2D eigenvalue weighted by Gasteiger charge is 2.34. The number of amides is 2. The Morgan fingerprint density at radius 1 is 1.17 bits per heavy atom. The summed E-state index contributed by atoms with van der Waals surface area (Å²) in [6.45, 7) is 4.03. The van der Waals surface area contributed by atoms with E-state index in [4.69, 9.17) is 4.99 Å². The number of carbonyl (C=O) groups excluding carboxylic acids is 2. The molecule has 1 saturated carbocycles. The lowest BCUT2D eigenvalue weighted by Gasteiger charge is -2.29. The fraction of sp³-hybridized carbons (Fsp3) is 0.591. The van der Waals surface area contributed by atoms with Crippen molar-refractivity contribution >= 4 is 53.5 Å². The number of nitrogens with one attached hydrogen (secondary N) is 2. The molecule has 0 spiro atoms. The van der Waals surface area contributed by atoms with E-state index in [1.807, 2.05) is 11.8 Å². The van der Waals surface area contributed by atoms with Gasteiger partial charge < -0.3 is 10.6 Å². The van der Waals surface area contributed by atoms with E-state index in [0.29, 0.717) is 30.3 Å². The van der Waals surface area contributed by atoms with Crippen LogP contribution >= 0.6 is 35.7 Å². The molecule has 1 aromatic rings. The van der Waals surface area contributed by atoms with Crippen LogP contribution in [-0.4, -0.2) is 59.9 Å². The molecule has 3 rings (SSSR count). The van der Waals surface area contributed by atoms with Gasteiger partial charge in [0, 0.05) is 30.9 Å². The summed E-state index contributed by atoms with van der Waals surface area (Å²) in [5.41, 5.74) is 1.04. The largest absolute Gasteiger partial charge is 0.357 e. The number of unbranched alkanes of at least 4 members (excludes halogenated alkanes) is 1. The van der Waals surface area contributed by atoms with Crippen LogP contribution in [0, 0.1) is 0 Å². The van der Waals surface area contributed by atoms with Gasteiger partial charge in [0.15, 0.2) is 5.96 Å². The highest BCUT2D eigenvalue weighted by Crippen LogP contribution is 2.27. The molecule has 1 aromatic carbocycles. The lowest BCUT2D eigenvalue weighted by molar-refractivity contribution is 0.0652. The van der Waals surface area contributed by atoms with Gasteiger partial charge in [0.2, 0.25) is 0 Å². The lowest BCUT2D eigenvalue weighted by atomic mass is 9.95. The third-order valence-electron chi connectivity index (χ3n) is 5.58. The minimum atomic E-state index is -0.176. The van der Waals surface area contributed by atoms with Crippen molar-refractivity contribution in [2.75, 3.05) is 25.9 Å². The lowest BCUT2D eigenvalue weighted by Crippen LogP contribution is -2.45. The summed E-state index contributed by atoms with van der Waals surface area (Å²) in [5, 5.41) is 7.66. The summed E-state index contributed by atoms with van der Waals surface area (Å²) < 4.78 is 0. The Hall–Kier alpha value is -1.29. The van der Waals surface area contributed by atoms with Gasteiger partial charge in [0.1, 0.15) is 0 Å². The molecular formula is C22H33IN4O2S. The number of imide groups is 1. The number of nitrogens with zero attached hydrogens (tertiary/aromatic N) is 2.